The standard InChI is InChI=1S/C12H18FN3O.2ClH/c1-8(16-6-4-15-5-7-16)9-2-3-10(13)11(14)12(9)17;;/h2-3,8,15,17H,4-7,14H2,1H3;2*1H/t8-;;/m0../s1. The molecule has 0 unspecified atom stereocenters. The molecule has 1 atom stereocenters. The van der Waals surface area contributed by atoms with Gasteiger partial charge in [0.15, 0.2) is 0 Å². The second-order valence-corrected chi connectivity index (χ2v) is 4.36. The first-order valence-electron chi connectivity index (χ1n) is 5.83. The third kappa shape index (κ3) is 3.86. The number of nitrogens with one attached hydrogen (secondary N) is 1. The maximum absolute atomic E-state index is 13.2. The van der Waals surface area contributed by atoms with Gasteiger partial charge in [-0.1, -0.05) is 6.07 Å². The number of hydrogen-bond donors (Lipinski definition) is 3. The van der Waals surface area contributed by atoms with Crippen molar-refractivity contribution in [2.45, 2.75) is 13.0 Å². The van der Waals surface area contributed by atoms with Crippen LogP contribution in [0.5, 0.6) is 5.75 Å². The smallest absolute Gasteiger partial charge is 0.149 e. The fourth-order valence-corrected chi connectivity index (χ4v) is 2.20. The normalized spacial score (nSPS) is 17.2. The van der Waals surface area contributed by atoms with Crippen LogP contribution in [0.15, 0.2) is 12.1 Å². The van der Waals surface area contributed by atoms with Gasteiger partial charge in [-0.15, -0.1) is 24.8 Å². The summed E-state index contributed by atoms with van der Waals surface area (Å²) in [6, 6.07) is 2.96. The van der Waals surface area contributed by atoms with Crippen LogP contribution < -0.4 is 11.1 Å². The van der Waals surface area contributed by atoms with Crippen LogP contribution in [-0.4, -0.2) is 36.2 Å². The average Bonchev–Trinajstić information content (AvgIpc) is 2.36. The van der Waals surface area contributed by atoms with E-state index in [0.717, 1.165) is 26.2 Å². The molecule has 1 fully saturated rings. The third-order valence-corrected chi connectivity index (χ3v) is 3.34. The zero-order chi connectivity index (χ0) is 12.4. The summed E-state index contributed by atoms with van der Waals surface area (Å²) in [6.45, 7) is 5.69. The quantitative estimate of drug-likeness (QED) is 0.577. The van der Waals surface area contributed by atoms with Gasteiger partial charge >= 0.3 is 0 Å². The van der Waals surface area contributed by atoms with Gasteiger partial charge < -0.3 is 16.2 Å². The molecule has 4 nitrogen and oxygen atoms in total. The fourth-order valence-electron chi connectivity index (χ4n) is 2.20. The number of hydrogen-bond acceptors (Lipinski definition) is 4. The number of piperazine rings is 1. The Morgan fingerprint density at radius 2 is 1.89 bits per heavy atom. The summed E-state index contributed by atoms with van der Waals surface area (Å²) >= 11 is 0. The predicted octanol–water partition coefficient (Wildman–Crippen LogP) is 1.92. The largest absolute Gasteiger partial charge is 0.505 e. The summed E-state index contributed by atoms with van der Waals surface area (Å²) in [5, 5.41) is 13.1. The molecule has 1 saturated heterocycles. The first-order chi connectivity index (χ1) is 8.11. The van der Waals surface area contributed by atoms with Gasteiger partial charge in [0, 0.05) is 37.8 Å². The van der Waals surface area contributed by atoms with Crippen molar-refractivity contribution in [2.75, 3.05) is 31.9 Å². The number of rotatable bonds is 2. The molecule has 2 rings (SSSR count). The summed E-state index contributed by atoms with van der Waals surface area (Å²) in [4.78, 5) is 2.24. The van der Waals surface area contributed by atoms with Gasteiger partial charge in [0.05, 0.1) is 0 Å². The second-order valence-electron chi connectivity index (χ2n) is 4.36. The Morgan fingerprint density at radius 1 is 1.32 bits per heavy atom. The molecule has 1 aromatic rings. The first kappa shape index (κ1) is 18.2. The van der Waals surface area contributed by atoms with Crippen molar-refractivity contribution in [2.24, 2.45) is 0 Å². The molecule has 0 aromatic heterocycles. The topological polar surface area (TPSA) is 61.5 Å². The number of benzene rings is 1. The van der Waals surface area contributed by atoms with Crippen molar-refractivity contribution in [1.29, 1.82) is 0 Å². The molecule has 0 aliphatic carbocycles. The molecular formula is C12H20Cl2FN3O. The van der Waals surface area contributed by atoms with Crippen molar-refractivity contribution >= 4 is 30.5 Å². The minimum Gasteiger partial charge on any atom is -0.505 e. The lowest BCUT2D eigenvalue weighted by molar-refractivity contribution is 0.183. The Hall–Kier alpha value is -0.750. The van der Waals surface area contributed by atoms with Crippen LogP contribution >= 0.6 is 24.8 Å². The molecule has 0 spiro atoms. The SMILES string of the molecule is C[C@@H](c1ccc(F)c(N)c1O)N1CCNCC1.Cl.Cl. The van der Waals surface area contributed by atoms with E-state index in [9.17, 15) is 9.50 Å². The molecule has 0 bridgehead atoms. The maximum Gasteiger partial charge on any atom is 0.149 e. The van der Waals surface area contributed by atoms with E-state index in [1.807, 2.05) is 6.92 Å². The van der Waals surface area contributed by atoms with E-state index in [4.69, 9.17) is 5.73 Å². The predicted molar refractivity (Wildman–Crippen MR) is 79.8 cm³/mol. The Labute approximate surface area is 125 Å². The van der Waals surface area contributed by atoms with Crippen LogP contribution in [0, 0.1) is 5.82 Å². The summed E-state index contributed by atoms with van der Waals surface area (Å²) in [6.07, 6.45) is 0. The second kappa shape index (κ2) is 7.75. The van der Waals surface area contributed by atoms with Gasteiger partial charge in [-0.05, 0) is 13.0 Å². The van der Waals surface area contributed by atoms with Crippen molar-refractivity contribution in [1.82, 2.24) is 10.2 Å². The van der Waals surface area contributed by atoms with Gasteiger partial charge in [-0.3, -0.25) is 4.90 Å². The van der Waals surface area contributed by atoms with Crippen molar-refractivity contribution in [3.8, 4) is 5.75 Å². The maximum atomic E-state index is 13.2. The number of anilines is 1. The summed E-state index contributed by atoms with van der Waals surface area (Å²) in [5.41, 5.74) is 6.02. The Morgan fingerprint density at radius 3 is 2.47 bits per heavy atom. The zero-order valence-electron chi connectivity index (χ0n) is 10.7. The van der Waals surface area contributed by atoms with Crippen molar-refractivity contribution in [3.05, 3.63) is 23.5 Å². The molecule has 0 saturated carbocycles. The van der Waals surface area contributed by atoms with E-state index < -0.39 is 5.82 Å². The summed E-state index contributed by atoms with van der Waals surface area (Å²) in [5.74, 6) is -0.699. The van der Waals surface area contributed by atoms with Crippen LogP contribution in [0.2, 0.25) is 0 Å². The first-order valence-corrected chi connectivity index (χ1v) is 5.83. The van der Waals surface area contributed by atoms with Gasteiger partial charge in [-0.25, -0.2) is 4.39 Å². The number of nitrogen functional groups attached to an aromatic ring is 1. The molecule has 4 N–H and O–H groups in total. The highest BCUT2D eigenvalue weighted by atomic mass is 35.5. The van der Waals surface area contributed by atoms with Gasteiger partial charge in [0.25, 0.3) is 0 Å². The lowest BCUT2D eigenvalue weighted by Gasteiger charge is -2.33. The molecule has 1 aliphatic rings. The lowest BCUT2D eigenvalue weighted by atomic mass is 10.0. The van der Waals surface area contributed by atoms with Crippen LogP contribution in [0.3, 0.4) is 0 Å². The van der Waals surface area contributed by atoms with E-state index in [1.165, 1.54) is 6.07 Å². The highest BCUT2D eigenvalue weighted by Crippen LogP contribution is 2.34. The summed E-state index contributed by atoms with van der Waals surface area (Å²) < 4.78 is 13.2. The Kier molecular flexibility index (Phi) is 7.44. The van der Waals surface area contributed by atoms with Crippen LogP contribution in [0.25, 0.3) is 0 Å². The minimum atomic E-state index is -0.571. The lowest BCUT2D eigenvalue weighted by Crippen LogP contribution is -2.44. The molecule has 19 heavy (non-hydrogen) atoms. The fraction of sp³-hybridized carbons (Fsp3) is 0.500. The third-order valence-electron chi connectivity index (χ3n) is 3.34. The number of phenols is 1. The molecule has 0 amide bonds. The molecule has 110 valence electrons. The average molecular weight is 312 g/mol. The number of aromatic hydroxyl groups is 1. The highest BCUT2D eigenvalue weighted by Gasteiger charge is 2.22. The molecule has 1 heterocycles. The monoisotopic (exact) mass is 311 g/mol. The van der Waals surface area contributed by atoms with E-state index in [1.54, 1.807) is 6.07 Å². The van der Waals surface area contributed by atoms with E-state index in [0.29, 0.717) is 5.56 Å². The molecule has 1 aliphatic heterocycles. The minimum absolute atomic E-state index is 0. The molecule has 0 radical (unpaired) electrons. The Bertz CT molecular complexity index is 414. The van der Waals surface area contributed by atoms with Gasteiger partial charge in [-0.2, -0.15) is 0 Å². The number of phenolic OH excluding ortho intramolecular Hbond substituents is 1. The van der Waals surface area contributed by atoms with Crippen molar-refractivity contribution in [3.63, 3.8) is 0 Å². The molecule has 1 aromatic carbocycles. The number of nitrogens with zero attached hydrogens (tertiary/aromatic N) is 1. The number of halogens is 3. The highest BCUT2D eigenvalue weighted by molar-refractivity contribution is 5.85. The van der Waals surface area contributed by atoms with Gasteiger partial charge in [0.2, 0.25) is 0 Å². The molecular weight excluding hydrogens is 292 g/mol. The van der Waals surface area contributed by atoms with Crippen LogP contribution in [-0.2, 0) is 0 Å². The van der Waals surface area contributed by atoms with E-state index in [2.05, 4.69) is 10.2 Å². The number of nitrogens with two attached hydrogens (primary N) is 1. The van der Waals surface area contributed by atoms with Crippen LogP contribution in [0.4, 0.5) is 10.1 Å². The van der Waals surface area contributed by atoms with E-state index >= 15 is 0 Å². The molecule has 7 heteroatoms. The summed E-state index contributed by atoms with van der Waals surface area (Å²) in [7, 11) is 0. The van der Waals surface area contributed by atoms with Crippen LogP contribution in [0.1, 0.15) is 18.5 Å². The van der Waals surface area contributed by atoms with Gasteiger partial charge in [0.1, 0.15) is 17.3 Å². The zero-order valence-corrected chi connectivity index (χ0v) is 12.4. The Balaban J connectivity index is 0.00000162. The van der Waals surface area contributed by atoms with E-state index in [-0.39, 0.29) is 42.3 Å². The van der Waals surface area contributed by atoms with Crippen molar-refractivity contribution < 1.29 is 9.50 Å².